The van der Waals surface area contributed by atoms with Gasteiger partial charge in [-0.15, -0.1) is 0 Å². The third-order valence-electron chi connectivity index (χ3n) is 5.90. The highest BCUT2D eigenvalue weighted by Crippen LogP contribution is 2.14. The van der Waals surface area contributed by atoms with Crippen LogP contribution in [0.2, 0.25) is 0 Å². The Morgan fingerprint density at radius 1 is 1.07 bits per heavy atom. The average molecular weight is 411 g/mol. The van der Waals surface area contributed by atoms with Gasteiger partial charge in [-0.05, 0) is 25.8 Å². The second kappa shape index (κ2) is 12.7. The van der Waals surface area contributed by atoms with Gasteiger partial charge in [-0.2, -0.15) is 0 Å². The maximum atomic E-state index is 5.99. The molecular formula is C22H46N6O. The molecular weight excluding hydrogens is 364 g/mol. The van der Waals surface area contributed by atoms with E-state index in [0.717, 1.165) is 78.0 Å². The number of likely N-dealkylation sites (N-methyl/N-ethyl adjacent to an activating group) is 1. The molecule has 2 atom stereocenters. The van der Waals surface area contributed by atoms with Crippen molar-refractivity contribution in [3.8, 4) is 0 Å². The van der Waals surface area contributed by atoms with Crippen molar-refractivity contribution in [2.75, 3.05) is 79.1 Å². The van der Waals surface area contributed by atoms with Crippen LogP contribution in [-0.4, -0.2) is 112 Å². The monoisotopic (exact) mass is 410 g/mol. The smallest absolute Gasteiger partial charge is 0.191 e. The van der Waals surface area contributed by atoms with E-state index in [1.165, 1.54) is 0 Å². The molecule has 7 heteroatoms. The molecule has 29 heavy (non-hydrogen) atoms. The minimum absolute atomic E-state index is 0.227. The quantitative estimate of drug-likeness (QED) is 0.440. The molecule has 0 spiro atoms. The maximum absolute atomic E-state index is 5.99. The lowest BCUT2D eigenvalue weighted by molar-refractivity contribution is -0.0284. The number of rotatable bonds is 9. The lowest BCUT2D eigenvalue weighted by Gasteiger charge is -2.39. The van der Waals surface area contributed by atoms with Gasteiger partial charge in [0.25, 0.3) is 0 Å². The second-order valence-corrected chi connectivity index (χ2v) is 9.40. The summed E-state index contributed by atoms with van der Waals surface area (Å²) < 4.78 is 5.99. The molecule has 2 heterocycles. The summed E-state index contributed by atoms with van der Waals surface area (Å²) >= 11 is 0. The Hall–Kier alpha value is -0.890. The number of nitrogens with zero attached hydrogens (tertiary/aromatic N) is 4. The van der Waals surface area contributed by atoms with Gasteiger partial charge in [-0.25, -0.2) is 0 Å². The van der Waals surface area contributed by atoms with Crippen LogP contribution < -0.4 is 10.6 Å². The maximum Gasteiger partial charge on any atom is 0.191 e. The first-order chi connectivity index (χ1) is 13.9. The molecule has 2 fully saturated rings. The van der Waals surface area contributed by atoms with E-state index >= 15 is 0 Å². The number of ether oxygens (including phenoxy) is 1. The molecule has 0 saturated carbocycles. The van der Waals surface area contributed by atoms with E-state index in [9.17, 15) is 0 Å². The zero-order chi connectivity index (χ0) is 21.2. The summed E-state index contributed by atoms with van der Waals surface area (Å²) in [6, 6.07) is 0.492. The number of piperazine rings is 1. The van der Waals surface area contributed by atoms with Gasteiger partial charge in [0.15, 0.2) is 5.96 Å². The Morgan fingerprint density at radius 2 is 1.79 bits per heavy atom. The van der Waals surface area contributed by atoms with Gasteiger partial charge in [0.05, 0.1) is 19.3 Å². The van der Waals surface area contributed by atoms with Gasteiger partial charge in [0, 0.05) is 64.9 Å². The molecule has 0 aromatic rings. The van der Waals surface area contributed by atoms with E-state index in [4.69, 9.17) is 9.73 Å². The number of aliphatic imine (C=N–C) groups is 1. The van der Waals surface area contributed by atoms with Crippen molar-refractivity contribution < 1.29 is 4.74 Å². The van der Waals surface area contributed by atoms with E-state index in [2.05, 4.69) is 67.0 Å². The lowest BCUT2D eigenvalue weighted by Crippen LogP contribution is -2.52. The van der Waals surface area contributed by atoms with Gasteiger partial charge >= 0.3 is 0 Å². The minimum Gasteiger partial charge on any atom is -0.374 e. The summed E-state index contributed by atoms with van der Waals surface area (Å²) in [5.41, 5.74) is 0. The molecule has 0 aromatic carbocycles. The van der Waals surface area contributed by atoms with Gasteiger partial charge in [0.2, 0.25) is 0 Å². The van der Waals surface area contributed by atoms with Gasteiger partial charge in [-0.1, -0.05) is 27.7 Å². The summed E-state index contributed by atoms with van der Waals surface area (Å²) in [6.07, 6.45) is 0.227. The van der Waals surface area contributed by atoms with Gasteiger partial charge < -0.3 is 20.3 Å². The highest BCUT2D eigenvalue weighted by atomic mass is 16.5. The highest BCUT2D eigenvalue weighted by Gasteiger charge is 2.25. The van der Waals surface area contributed by atoms with E-state index < -0.39 is 0 Å². The highest BCUT2D eigenvalue weighted by molar-refractivity contribution is 5.79. The van der Waals surface area contributed by atoms with Crippen LogP contribution in [0, 0.1) is 11.8 Å². The van der Waals surface area contributed by atoms with E-state index in [-0.39, 0.29) is 6.10 Å². The van der Waals surface area contributed by atoms with Crippen molar-refractivity contribution in [2.24, 2.45) is 16.8 Å². The summed E-state index contributed by atoms with van der Waals surface area (Å²) in [4.78, 5) is 12.5. The first kappa shape index (κ1) is 24.4. The molecule has 7 nitrogen and oxygen atoms in total. The van der Waals surface area contributed by atoms with Crippen LogP contribution >= 0.6 is 0 Å². The van der Waals surface area contributed by atoms with Crippen molar-refractivity contribution in [3.63, 3.8) is 0 Å². The third-order valence-corrected chi connectivity index (χ3v) is 5.90. The molecule has 2 saturated heterocycles. The Bertz CT molecular complexity index is 476. The Morgan fingerprint density at radius 3 is 2.41 bits per heavy atom. The Labute approximate surface area is 179 Å². The molecule has 2 unspecified atom stereocenters. The molecule has 2 aliphatic heterocycles. The molecule has 0 aliphatic carbocycles. The molecule has 2 aliphatic rings. The van der Waals surface area contributed by atoms with E-state index in [0.29, 0.717) is 17.9 Å². The topological polar surface area (TPSA) is 55.4 Å². The standard InChI is InChI=1S/C22H46N6O/c1-7-23-22(24-14-20-17-27(12-13-29-20)16-18(2)3)25-15-21(19(4)5)28-10-8-26(6)9-11-28/h18-21H,7-17H2,1-6H3,(H2,23,24,25). The Kier molecular flexibility index (Phi) is 10.7. The molecule has 170 valence electrons. The van der Waals surface area contributed by atoms with Crippen LogP contribution in [0.3, 0.4) is 0 Å². The minimum atomic E-state index is 0.227. The second-order valence-electron chi connectivity index (χ2n) is 9.40. The Balaban J connectivity index is 1.87. The van der Waals surface area contributed by atoms with Crippen LogP contribution in [0.25, 0.3) is 0 Å². The SMILES string of the molecule is CCNC(=NCC(C(C)C)N1CCN(C)CC1)NCC1CN(CC(C)C)CCO1. The number of morpholine rings is 1. The zero-order valence-corrected chi connectivity index (χ0v) is 19.8. The third kappa shape index (κ3) is 8.79. The normalized spacial score (nSPS) is 24.3. The van der Waals surface area contributed by atoms with Crippen LogP contribution in [0.15, 0.2) is 4.99 Å². The fraction of sp³-hybridized carbons (Fsp3) is 0.955. The molecule has 0 amide bonds. The van der Waals surface area contributed by atoms with Gasteiger partial charge in [0.1, 0.15) is 0 Å². The molecule has 0 radical (unpaired) electrons. The first-order valence-electron chi connectivity index (χ1n) is 11.7. The van der Waals surface area contributed by atoms with E-state index in [1.54, 1.807) is 0 Å². The van der Waals surface area contributed by atoms with Crippen molar-refractivity contribution in [1.29, 1.82) is 0 Å². The number of nitrogens with one attached hydrogen (secondary N) is 2. The molecule has 2 N–H and O–H groups in total. The van der Waals surface area contributed by atoms with Gasteiger partial charge in [-0.3, -0.25) is 14.8 Å². The van der Waals surface area contributed by atoms with Crippen LogP contribution in [0.4, 0.5) is 0 Å². The van der Waals surface area contributed by atoms with Crippen molar-refractivity contribution >= 4 is 5.96 Å². The van der Waals surface area contributed by atoms with E-state index in [1.807, 2.05) is 0 Å². The number of hydrogen-bond acceptors (Lipinski definition) is 5. The lowest BCUT2D eigenvalue weighted by atomic mass is 10.0. The molecule has 2 rings (SSSR count). The predicted octanol–water partition coefficient (Wildman–Crippen LogP) is 1.17. The fourth-order valence-corrected chi connectivity index (χ4v) is 4.22. The number of guanidine groups is 1. The van der Waals surface area contributed by atoms with Crippen LogP contribution in [-0.2, 0) is 4.74 Å². The predicted molar refractivity (Wildman–Crippen MR) is 123 cm³/mol. The van der Waals surface area contributed by atoms with Crippen LogP contribution in [0.1, 0.15) is 34.6 Å². The van der Waals surface area contributed by atoms with Crippen molar-refractivity contribution in [3.05, 3.63) is 0 Å². The molecule has 0 bridgehead atoms. The summed E-state index contributed by atoms with van der Waals surface area (Å²) in [7, 11) is 2.21. The van der Waals surface area contributed by atoms with Crippen molar-refractivity contribution in [2.45, 2.75) is 46.8 Å². The number of hydrogen-bond donors (Lipinski definition) is 2. The largest absolute Gasteiger partial charge is 0.374 e. The summed E-state index contributed by atoms with van der Waals surface area (Å²) in [5, 5.41) is 6.94. The molecule has 0 aromatic heterocycles. The van der Waals surface area contributed by atoms with Crippen LogP contribution in [0.5, 0.6) is 0 Å². The fourth-order valence-electron chi connectivity index (χ4n) is 4.22. The first-order valence-corrected chi connectivity index (χ1v) is 11.7. The summed E-state index contributed by atoms with van der Waals surface area (Å²) in [5.74, 6) is 2.20. The zero-order valence-electron chi connectivity index (χ0n) is 19.8. The van der Waals surface area contributed by atoms with Crippen molar-refractivity contribution in [1.82, 2.24) is 25.3 Å². The summed E-state index contributed by atoms with van der Waals surface area (Å²) in [6.45, 7) is 22.4. The average Bonchev–Trinajstić information content (AvgIpc) is 2.67.